The number of benzene rings is 1. The van der Waals surface area contributed by atoms with Crippen LogP contribution in [0.4, 0.5) is 0 Å². The van der Waals surface area contributed by atoms with E-state index < -0.39 is 9.84 Å². The summed E-state index contributed by atoms with van der Waals surface area (Å²) in [7, 11) is -2.89. The van der Waals surface area contributed by atoms with Crippen molar-refractivity contribution < 1.29 is 30.3 Å². The highest BCUT2D eigenvalue weighted by atomic mass is 79.9. The molecule has 0 bridgehead atoms. The second-order valence-corrected chi connectivity index (χ2v) is 7.04. The molecule has 0 aliphatic carbocycles. The van der Waals surface area contributed by atoms with Gasteiger partial charge < -0.3 is 21.9 Å². The van der Waals surface area contributed by atoms with Gasteiger partial charge in [-0.15, -0.1) is 0 Å². The van der Waals surface area contributed by atoms with Gasteiger partial charge in [-0.25, -0.2) is 8.42 Å². The standard InChI is InChI=1S/C12H15N.C4H8O2S.BrH.H3P/c1-2-8-13-9-7-11-5-3-4-6-12(11)10-13;1-3-7(5,6)4-2;;/h2-6H,1,7-10H2;3H,1,4H2,2H3;1H;1H3. The minimum atomic E-state index is -2.89. The third-order valence-electron chi connectivity index (χ3n) is 3.40. The average molecular weight is 408 g/mol. The third-order valence-corrected chi connectivity index (χ3v) is 4.71. The highest BCUT2D eigenvalue weighted by Crippen LogP contribution is 2.09. The molecular weight excluding hydrogens is 381 g/mol. The van der Waals surface area contributed by atoms with Crippen molar-refractivity contribution in [3.63, 3.8) is 0 Å². The summed E-state index contributed by atoms with van der Waals surface area (Å²) in [6.07, 6.45) is 3.24. The Morgan fingerprint density at radius 2 is 1.82 bits per heavy atom. The molecule has 126 valence electrons. The predicted octanol–water partition coefficient (Wildman–Crippen LogP) is -1.56. The molecule has 1 aliphatic heterocycles. The molecule has 0 saturated heterocycles. The number of rotatable bonds is 4. The molecule has 2 unspecified atom stereocenters. The molecule has 2 rings (SSSR count). The first-order valence-electron chi connectivity index (χ1n) is 6.88. The van der Waals surface area contributed by atoms with Crippen LogP contribution >= 0.6 is 9.90 Å². The molecule has 0 fully saturated rings. The Kier molecular flexibility index (Phi) is 13.0. The minimum absolute atomic E-state index is 0. The van der Waals surface area contributed by atoms with Crippen molar-refractivity contribution in [2.24, 2.45) is 0 Å². The largest absolute Gasteiger partial charge is 1.00 e. The van der Waals surface area contributed by atoms with Crippen molar-refractivity contribution in [1.82, 2.24) is 0 Å². The van der Waals surface area contributed by atoms with E-state index in [-0.39, 0.29) is 32.6 Å². The van der Waals surface area contributed by atoms with E-state index in [4.69, 9.17) is 0 Å². The Labute approximate surface area is 148 Å². The van der Waals surface area contributed by atoms with Crippen LogP contribution in [0.15, 0.2) is 48.9 Å². The first kappa shape index (κ1) is 23.8. The molecular formula is C16H27BrNO2PS. The van der Waals surface area contributed by atoms with Crippen LogP contribution in [-0.4, -0.2) is 27.3 Å². The lowest BCUT2D eigenvalue weighted by atomic mass is 10.0. The third kappa shape index (κ3) is 8.23. The highest BCUT2D eigenvalue weighted by Gasteiger charge is 2.16. The molecule has 1 aliphatic rings. The van der Waals surface area contributed by atoms with Crippen LogP contribution in [0.25, 0.3) is 0 Å². The Morgan fingerprint density at radius 3 is 2.27 bits per heavy atom. The van der Waals surface area contributed by atoms with Crippen molar-refractivity contribution in [3.05, 3.63) is 60.0 Å². The van der Waals surface area contributed by atoms with Gasteiger partial charge >= 0.3 is 0 Å². The van der Waals surface area contributed by atoms with Gasteiger partial charge in [0.15, 0.2) is 9.84 Å². The molecule has 1 aromatic carbocycles. The van der Waals surface area contributed by atoms with Gasteiger partial charge in [0.1, 0.15) is 6.54 Å². The second-order valence-electron chi connectivity index (χ2n) is 4.81. The summed E-state index contributed by atoms with van der Waals surface area (Å²) in [5.74, 6) is 0.149. The van der Waals surface area contributed by atoms with Gasteiger partial charge in [0.05, 0.1) is 18.8 Å². The number of halogens is 1. The first-order valence-corrected chi connectivity index (χ1v) is 8.60. The minimum Gasteiger partial charge on any atom is -1.00 e. The summed E-state index contributed by atoms with van der Waals surface area (Å²) in [6.45, 7) is 12.0. The molecule has 2 atom stereocenters. The van der Waals surface area contributed by atoms with Crippen molar-refractivity contribution in [2.75, 3.05) is 18.8 Å². The quantitative estimate of drug-likeness (QED) is 0.484. The molecule has 1 N–H and O–H groups in total. The van der Waals surface area contributed by atoms with Crippen LogP contribution in [0, 0.1) is 0 Å². The number of fused-ring (bicyclic) bond motifs is 1. The van der Waals surface area contributed by atoms with Crippen molar-refractivity contribution in [3.8, 4) is 0 Å². The molecule has 22 heavy (non-hydrogen) atoms. The maximum absolute atomic E-state index is 10.2. The number of sulfone groups is 1. The fraction of sp³-hybridized carbons (Fsp3) is 0.375. The fourth-order valence-corrected chi connectivity index (χ4v) is 2.37. The summed E-state index contributed by atoms with van der Waals surface area (Å²) < 4.78 is 20.5. The van der Waals surface area contributed by atoms with E-state index in [1.54, 1.807) is 11.8 Å². The zero-order valence-electron chi connectivity index (χ0n) is 13.2. The molecule has 1 aromatic rings. The van der Waals surface area contributed by atoms with Gasteiger partial charge in [-0.05, 0) is 11.6 Å². The maximum atomic E-state index is 10.2. The molecule has 6 heteroatoms. The molecule has 0 saturated carbocycles. The summed E-state index contributed by atoms with van der Waals surface area (Å²) in [4.78, 5) is 1.63. The number of hydrogen-bond donors (Lipinski definition) is 1. The van der Waals surface area contributed by atoms with E-state index in [0.717, 1.165) is 12.0 Å². The van der Waals surface area contributed by atoms with E-state index in [9.17, 15) is 8.42 Å². The molecule has 3 nitrogen and oxygen atoms in total. The van der Waals surface area contributed by atoms with E-state index in [1.165, 1.54) is 30.6 Å². The summed E-state index contributed by atoms with van der Waals surface area (Å²) in [6, 6.07) is 8.77. The highest BCUT2D eigenvalue weighted by molar-refractivity contribution is 7.94. The van der Waals surface area contributed by atoms with Crippen LogP contribution in [0.2, 0.25) is 0 Å². The maximum Gasteiger partial charge on any atom is 0.170 e. The Balaban J connectivity index is 0. The van der Waals surface area contributed by atoms with Gasteiger partial charge in [-0.3, -0.25) is 0 Å². The number of hydrogen-bond acceptors (Lipinski definition) is 2. The molecule has 0 amide bonds. The normalized spacial score (nSPS) is 15.8. The van der Waals surface area contributed by atoms with E-state index in [1.807, 2.05) is 6.08 Å². The van der Waals surface area contributed by atoms with Crippen LogP contribution in [0.3, 0.4) is 0 Å². The Morgan fingerprint density at radius 1 is 1.23 bits per heavy atom. The molecule has 0 radical (unpaired) electrons. The zero-order chi connectivity index (χ0) is 15.0. The van der Waals surface area contributed by atoms with Gasteiger partial charge in [0, 0.05) is 17.4 Å². The topological polar surface area (TPSA) is 38.6 Å². The lowest BCUT2D eigenvalue weighted by Gasteiger charge is -2.24. The van der Waals surface area contributed by atoms with Crippen LogP contribution < -0.4 is 21.9 Å². The van der Waals surface area contributed by atoms with Crippen LogP contribution in [-0.2, 0) is 22.8 Å². The van der Waals surface area contributed by atoms with E-state index >= 15 is 0 Å². The predicted molar refractivity (Wildman–Crippen MR) is 95.5 cm³/mol. The van der Waals surface area contributed by atoms with Gasteiger partial charge in [0.2, 0.25) is 0 Å². The average Bonchev–Trinajstić information content (AvgIpc) is 2.48. The SMILES string of the molecule is C=CC[NH+]1CCc2ccccc2C1.C=CS(=O)(=O)CC.P.[Br-]. The second kappa shape index (κ2) is 12.0. The molecule has 1 heterocycles. The van der Waals surface area contributed by atoms with E-state index in [0.29, 0.717) is 0 Å². The number of nitrogens with one attached hydrogen (secondary N) is 1. The first-order chi connectivity index (χ1) is 9.52. The fourth-order valence-electron chi connectivity index (χ4n) is 2.14. The van der Waals surface area contributed by atoms with Gasteiger partial charge in [0.25, 0.3) is 0 Å². The molecule has 0 aromatic heterocycles. The smallest absolute Gasteiger partial charge is 0.170 e. The van der Waals surface area contributed by atoms with Gasteiger partial charge in [-0.2, -0.15) is 9.90 Å². The van der Waals surface area contributed by atoms with E-state index in [2.05, 4.69) is 37.4 Å². The summed E-state index contributed by atoms with van der Waals surface area (Å²) in [5.41, 5.74) is 3.06. The monoisotopic (exact) mass is 407 g/mol. The zero-order valence-corrected chi connectivity index (χ0v) is 17.0. The van der Waals surface area contributed by atoms with Gasteiger partial charge in [-0.1, -0.05) is 44.3 Å². The molecule has 0 spiro atoms. The summed E-state index contributed by atoms with van der Waals surface area (Å²) >= 11 is 0. The van der Waals surface area contributed by atoms with Crippen LogP contribution in [0.5, 0.6) is 0 Å². The lowest BCUT2D eigenvalue weighted by Crippen LogP contribution is -3.11. The Hall–Kier alpha value is -0.480. The van der Waals surface area contributed by atoms with Crippen molar-refractivity contribution in [1.29, 1.82) is 0 Å². The Bertz CT molecular complexity index is 561. The number of quaternary nitrogens is 1. The van der Waals surface area contributed by atoms with Crippen molar-refractivity contribution >= 4 is 19.7 Å². The van der Waals surface area contributed by atoms with Crippen molar-refractivity contribution in [2.45, 2.75) is 19.9 Å². The van der Waals surface area contributed by atoms with Crippen LogP contribution in [0.1, 0.15) is 18.1 Å². The summed E-state index contributed by atoms with van der Waals surface area (Å²) in [5, 5.41) is 0.965. The lowest BCUT2D eigenvalue weighted by molar-refractivity contribution is -0.910.